The summed E-state index contributed by atoms with van der Waals surface area (Å²) in [5.41, 5.74) is 0. The van der Waals surface area contributed by atoms with Crippen LogP contribution in [0.1, 0.15) is 40.0 Å². The van der Waals surface area contributed by atoms with Crippen molar-refractivity contribution in [2.45, 2.75) is 52.2 Å². The molecule has 0 heterocycles. The van der Waals surface area contributed by atoms with Crippen molar-refractivity contribution >= 4 is 0 Å². The Kier molecular flexibility index (Phi) is 4.90. The Morgan fingerprint density at radius 3 is 2.43 bits per heavy atom. The summed E-state index contributed by atoms with van der Waals surface area (Å²) in [4.78, 5) is 0. The molecule has 2 heteroatoms. The second-order valence-corrected chi connectivity index (χ2v) is 4.81. The third kappa shape index (κ3) is 2.96. The Morgan fingerprint density at radius 2 is 2.00 bits per heavy atom. The molecule has 0 aromatic rings. The number of methoxy groups -OCH3 is 1. The van der Waals surface area contributed by atoms with Crippen molar-refractivity contribution in [3.8, 4) is 0 Å². The summed E-state index contributed by atoms with van der Waals surface area (Å²) in [7, 11) is 1.82. The highest BCUT2D eigenvalue weighted by molar-refractivity contribution is 4.90. The third-order valence-electron chi connectivity index (χ3n) is 3.32. The van der Waals surface area contributed by atoms with Gasteiger partial charge in [-0.1, -0.05) is 20.8 Å². The van der Waals surface area contributed by atoms with Crippen LogP contribution in [0.3, 0.4) is 0 Å². The van der Waals surface area contributed by atoms with E-state index < -0.39 is 0 Å². The highest BCUT2D eigenvalue weighted by Gasteiger charge is 2.35. The number of hydrogen-bond donors (Lipinski definition) is 1. The maximum atomic E-state index is 5.32. The maximum Gasteiger partial charge on any atom is 0.0577 e. The van der Waals surface area contributed by atoms with E-state index in [1.807, 2.05) is 7.11 Å². The van der Waals surface area contributed by atoms with Gasteiger partial charge in [-0.05, 0) is 37.6 Å². The molecule has 84 valence electrons. The molecule has 1 aliphatic carbocycles. The average Bonchev–Trinajstić information content (AvgIpc) is 2.08. The van der Waals surface area contributed by atoms with Gasteiger partial charge in [0.1, 0.15) is 0 Å². The predicted octanol–water partition coefficient (Wildman–Crippen LogP) is 2.44. The molecule has 1 N–H and O–H groups in total. The maximum absolute atomic E-state index is 5.32. The molecule has 1 unspecified atom stereocenters. The Labute approximate surface area is 88.4 Å². The van der Waals surface area contributed by atoms with Crippen molar-refractivity contribution in [1.82, 2.24) is 5.32 Å². The Hall–Kier alpha value is -0.0800. The molecule has 0 radical (unpaired) electrons. The highest BCUT2D eigenvalue weighted by atomic mass is 16.5. The van der Waals surface area contributed by atoms with Crippen LogP contribution in [0.4, 0.5) is 0 Å². The molecule has 0 amide bonds. The summed E-state index contributed by atoms with van der Waals surface area (Å²) in [6.45, 7) is 8.00. The molecule has 1 fully saturated rings. The summed E-state index contributed by atoms with van der Waals surface area (Å²) < 4.78 is 5.32. The fraction of sp³-hybridized carbons (Fsp3) is 1.00. The number of hydrogen-bond acceptors (Lipinski definition) is 2. The van der Waals surface area contributed by atoms with Gasteiger partial charge >= 0.3 is 0 Å². The second kappa shape index (κ2) is 5.72. The molecule has 0 aliphatic heterocycles. The van der Waals surface area contributed by atoms with Crippen LogP contribution < -0.4 is 5.32 Å². The van der Waals surface area contributed by atoms with Gasteiger partial charge in [-0.3, -0.25) is 0 Å². The van der Waals surface area contributed by atoms with Crippen LogP contribution in [0.2, 0.25) is 0 Å². The highest BCUT2D eigenvalue weighted by Crippen LogP contribution is 2.34. The molecule has 0 bridgehead atoms. The number of rotatable bonds is 6. The van der Waals surface area contributed by atoms with Gasteiger partial charge in [-0.2, -0.15) is 0 Å². The van der Waals surface area contributed by atoms with E-state index in [0.29, 0.717) is 12.1 Å². The molecule has 2 nitrogen and oxygen atoms in total. The smallest absolute Gasteiger partial charge is 0.0577 e. The zero-order chi connectivity index (χ0) is 10.6. The lowest BCUT2D eigenvalue weighted by atomic mass is 9.73. The molecule has 14 heavy (non-hydrogen) atoms. The molecule has 0 spiro atoms. The van der Waals surface area contributed by atoms with Gasteiger partial charge < -0.3 is 10.1 Å². The Morgan fingerprint density at radius 1 is 1.36 bits per heavy atom. The van der Waals surface area contributed by atoms with Crippen LogP contribution >= 0.6 is 0 Å². The van der Waals surface area contributed by atoms with Gasteiger partial charge in [-0.15, -0.1) is 0 Å². The topological polar surface area (TPSA) is 21.3 Å². The van der Waals surface area contributed by atoms with Crippen molar-refractivity contribution < 1.29 is 4.74 Å². The van der Waals surface area contributed by atoms with Gasteiger partial charge in [-0.25, -0.2) is 0 Å². The van der Waals surface area contributed by atoms with Gasteiger partial charge in [0.05, 0.1) is 6.10 Å². The lowest BCUT2D eigenvalue weighted by molar-refractivity contribution is -0.0182. The first-order valence-electron chi connectivity index (χ1n) is 5.95. The summed E-state index contributed by atoms with van der Waals surface area (Å²) in [5, 5.41) is 3.66. The first-order chi connectivity index (χ1) is 6.69. The fourth-order valence-electron chi connectivity index (χ4n) is 2.35. The second-order valence-electron chi connectivity index (χ2n) is 4.81. The Balaban J connectivity index is 2.29. The minimum atomic E-state index is 0.532. The number of ether oxygens (including phenoxy) is 1. The van der Waals surface area contributed by atoms with E-state index in [1.165, 1.54) is 19.3 Å². The average molecular weight is 199 g/mol. The van der Waals surface area contributed by atoms with Crippen LogP contribution in [0, 0.1) is 11.8 Å². The molecular weight excluding hydrogens is 174 g/mol. The van der Waals surface area contributed by atoms with Crippen LogP contribution in [-0.2, 0) is 4.74 Å². The largest absolute Gasteiger partial charge is 0.381 e. The zero-order valence-corrected chi connectivity index (χ0v) is 10.0. The van der Waals surface area contributed by atoms with Crippen molar-refractivity contribution in [2.75, 3.05) is 13.7 Å². The molecule has 0 saturated heterocycles. The summed E-state index contributed by atoms with van der Waals surface area (Å²) >= 11 is 0. The molecule has 0 aromatic carbocycles. The minimum absolute atomic E-state index is 0.532. The standard InChI is InChI=1S/C12H25NO/c1-5-6-13-12(9(2)3)10-7-11(8-10)14-4/h9-13H,5-8H2,1-4H3. The van der Waals surface area contributed by atoms with E-state index in [9.17, 15) is 0 Å². The van der Waals surface area contributed by atoms with Crippen LogP contribution in [-0.4, -0.2) is 25.8 Å². The van der Waals surface area contributed by atoms with Gasteiger partial charge in [0.25, 0.3) is 0 Å². The lowest BCUT2D eigenvalue weighted by Crippen LogP contribution is -2.48. The predicted molar refractivity (Wildman–Crippen MR) is 60.4 cm³/mol. The van der Waals surface area contributed by atoms with Crippen molar-refractivity contribution in [2.24, 2.45) is 11.8 Å². The molecule has 1 aliphatic rings. The van der Waals surface area contributed by atoms with Gasteiger partial charge in [0.15, 0.2) is 0 Å². The van der Waals surface area contributed by atoms with E-state index in [-0.39, 0.29) is 0 Å². The SMILES string of the molecule is CCCNC(C(C)C)C1CC(OC)C1. The third-order valence-corrected chi connectivity index (χ3v) is 3.32. The summed E-state index contributed by atoms with van der Waals surface area (Å²) in [5.74, 6) is 1.58. The van der Waals surface area contributed by atoms with Crippen molar-refractivity contribution in [3.63, 3.8) is 0 Å². The molecule has 0 aromatic heterocycles. The first-order valence-corrected chi connectivity index (χ1v) is 5.95. The molecular formula is C12H25NO. The van der Waals surface area contributed by atoms with E-state index in [2.05, 4.69) is 26.1 Å². The molecule has 1 saturated carbocycles. The lowest BCUT2D eigenvalue weighted by Gasteiger charge is -2.41. The summed E-state index contributed by atoms with van der Waals surface area (Å²) in [6.07, 6.45) is 4.25. The Bertz CT molecular complexity index is 152. The normalized spacial score (nSPS) is 28.9. The minimum Gasteiger partial charge on any atom is -0.381 e. The van der Waals surface area contributed by atoms with E-state index >= 15 is 0 Å². The molecule has 1 atom stereocenters. The monoisotopic (exact) mass is 199 g/mol. The molecule has 1 rings (SSSR count). The quantitative estimate of drug-likeness (QED) is 0.709. The van der Waals surface area contributed by atoms with Crippen LogP contribution in [0.25, 0.3) is 0 Å². The van der Waals surface area contributed by atoms with E-state index in [1.54, 1.807) is 0 Å². The van der Waals surface area contributed by atoms with Gasteiger partial charge in [0.2, 0.25) is 0 Å². The van der Waals surface area contributed by atoms with E-state index in [4.69, 9.17) is 4.74 Å². The van der Waals surface area contributed by atoms with Crippen LogP contribution in [0.5, 0.6) is 0 Å². The summed E-state index contributed by atoms with van der Waals surface area (Å²) in [6, 6.07) is 0.696. The number of nitrogens with one attached hydrogen (secondary N) is 1. The van der Waals surface area contributed by atoms with Crippen molar-refractivity contribution in [1.29, 1.82) is 0 Å². The van der Waals surface area contributed by atoms with Crippen molar-refractivity contribution in [3.05, 3.63) is 0 Å². The first kappa shape index (κ1) is 12.0. The van der Waals surface area contributed by atoms with Crippen LogP contribution in [0.15, 0.2) is 0 Å². The fourth-order valence-corrected chi connectivity index (χ4v) is 2.35. The van der Waals surface area contributed by atoms with E-state index in [0.717, 1.165) is 18.4 Å². The zero-order valence-electron chi connectivity index (χ0n) is 10.0. The van der Waals surface area contributed by atoms with Gasteiger partial charge in [0, 0.05) is 13.2 Å².